The van der Waals surface area contributed by atoms with Crippen molar-refractivity contribution in [3.63, 3.8) is 0 Å². The van der Waals surface area contributed by atoms with E-state index in [1.807, 2.05) is 0 Å². The van der Waals surface area contributed by atoms with Crippen LogP contribution in [0.4, 0.5) is 0 Å². The highest BCUT2D eigenvalue weighted by atomic mass is 31.2. The van der Waals surface area contributed by atoms with Gasteiger partial charge in [-0.3, -0.25) is 13.8 Å². The van der Waals surface area contributed by atoms with E-state index in [9.17, 15) is 14.3 Å². The maximum absolute atomic E-state index is 12.6. The first-order valence-electron chi connectivity index (χ1n) is 22.1. The molecule has 0 spiro atoms. The van der Waals surface area contributed by atoms with Crippen LogP contribution in [0.15, 0.2) is 85.1 Å². The van der Waals surface area contributed by atoms with Gasteiger partial charge in [-0.2, -0.15) is 0 Å². The van der Waals surface area contributed by atoms with E-state index in [1.54, 1.807) is 0 Å². The van der Waals surface area contributed by atoms with E-state index in [1.165, 1.54) is 51.4 Å². The Bertz CT molecular complexity index is 1130. The SMILES string of the molecule is CC/C=C\C/C=C\C/C=C\C/C=C\CCCCCCC(=O)OC(COCCCCCCCCC/C=C\C/C=C\C/C=C\CCCCC)COP(=O)(O)OCCN. The standard InChI is InChI=1S/C47H82NO7P/c1-3-5-7-9-11-13-15-17-19-21-22-23-25-27-29-31-33-35-37-39-42-52-44-46(45-54-56(50,51)53-43-41-48)55-47(49)40-38-36-34-32-30-28-26-24-20-18-16-14-12-10-8-6-4-2/h6,8,11-14,17-20,22-23,26,28,46H,3-5,7,9-10,15-16,21,24-25,27,29-45,48H2,1-2H3,(H,50,51)/b8-6-,13-11-,14-12-,19-17-,20-18-,23-22-,28-26-. The Hall–Kier alpha value is -2.32. The highest BCUT2D eigenvalue weighted by Gasteiger charge is 2.25. The molecular formula is C47H82NO7P. The summed E-state index contributed by atoms with van der Waals surface area (Å²) < 4.78 is 33.4. The summed E-state index contributed by atoms with van der Waals surface area (Å²) in [6.07, 6.45) is 56.0. The molecule has 56 heavy (non-hydrogen) atoms. The third-order valence-electron chi connectivity index (χ3n) is 8.80. The van der Waals surface area contributed by atoms with Crippen LogP contribution >= 0.6 is 7.82 Å². The minimum absolute atomic E-state index is 0.0894. The molecular weight excluding hydrogens is 721 g/mol. The normalized spacial score (nSPS) is 14.3. The maximum Gasteiger partial charge on any atom is 0.472 e. The van der Waals surface area contributed by atoms with Crippen molar-refractivity contribution >= 4 is 13.8 Å². The van der Waals surface area contributed by atoms with E-state index < -0.39 is 13.9 Å². The van der Waals surface area contributed by atoms with Crippen LogP contribution in [-0.4, -0.2) is 49.9 Å². The molecule has 2 unspecified atom stereocenters. The topological polar surface area (TPSA) is 117 Å². The second-order valence-corrected chi connectivity index (χ2v) is 15.6. The zero-order valence-electron chi connectivity index (χ0n) is 35.6. The van der Waals surface area contributed by atoms with Crippen molar-refractivity contribution in [2.75, 3.05) is 33.0 Å². The summed E-state index contributed by atoms with van der Waals surface area (Å²) in [5.74, 6) is -0.361. The summed E-state index contributed by atoms with van der Waals surface area (Å²) in [5.41, 5.74) is 5.37. The van der Waals surface area contributed by atoms with Crippen LogP contribution in [0, 0.1) is 0 Å². The fourth-order valence-electron chi connectivity index (χ4n) is 5.58. The third kappa shape index (κ3) is 42.8. The lowest BCUT2D eigenvalue weighted by atomic mass is 10.1. The molecule has 8 nitrogen and oxygen atoms in total. The number of hydrogen-bond acceptors (Lipinski definition) is 7. The number of carbonyl (C=O) groups is 1. The third-order valence-corrected chi connectivity index (χ3v) is 9.78. The molecule has 9 heteroatoms. The molecule has 0 aromatic carbocycles. The molecule has 0 saturated heterocycles. The number of phosphoric ester groups is 1. The number of nitrogens with two attached hydrogens (primary N) is 1. The Morgan fingerprint density at radius 2 is 1.00 bits per heavy atom. The molecule has 0 bridgehead atoms. The molecule has 0 rings (SSSR count). The minimum atomic E-state index is -4.29. The van der Waals surface area contributed by atoms with Crippen molar-refractivity contribution in [3.05, 3.63) is 85.1 Å². The zero-order chi connectivity index (χ0) is 40.9. The zero-order valence-corrected chi connectivity index (χ0v) is 36.5. The Labute approximate surface area is 343 Å². The maximum atomic E-state index is 12.6. The first-order valence-corrected chi connectivity index (χ1v) is 23.6. The van der Waals surface area contributed by atoms with Gasteiger partial charge in [-0.15, -0.1) is 0 Å². The van der Waals surface area contributed by atoms with Crippen molar-refractivity contribution in [3.8, 4) is 0 Å². The molecule has 3 N–H and O–H groups in total. The van der Waals surface area contributed by atoms with Gasteiger partial charge in [0.1, 0.15) is 6.10 Å². The summed E-state index contributed by atoms with van der Waals surface area (Å²) in [6, 6.07) is 0. The number of phosphoric acid groups is 1. The average Bonchev–Trinajstić information content (AvgIpc) is 3.19. The number of esters is 1. The quantitative estimate of drug-likeness (QED) is 0.0272. The fourth-order valence-corrected chi connectivity index (χ4v) is 6.35. The van der Waals surface area contributed by atoms with E-state index in [-0.39, 0.29) is 38.8 Å². The Morgan fingerprint density at radius 3 is 1.50 bits per heavy atom. The molecule has 0 aromatic heterocycles. The van der Waals surface area contributed by atoms with Gasteiger partial charge in [-0.25, -0.2) is 4.57 Å². The lowest BCUT2D eigenvalue weighted by Gasteiger charge is -2.20. The van der Waals surface area contributed by atoms with Crippen molar-refractivity contribution in [2.24, 2.45) is 5.73 Å². The number of rotatable bonds is 41. The van der Waals surface area contributed by atoms with E-state index >= 15 is 0 Å². The van der Waals surface area contributed by atoms with Gasteiger partial charge >= 0.3 is 13.8 Å². The predicted molar refractivity (Wildman–Crippen MR) is 238 cm³/mol. The Morgan fingerprint density at radius 1 is 0.554 bits per heavy atom. The highest BCUT2D eigenvalue weighted by molar-refractivity contribution is 7.47. The lowest BCUT2D eigenvalue weighted by Crippen LogP contribution is -2.28. The van der Waals surface area contributed by atoms with E-state index in [4.69, 9.17) is 24.3 Å². The van der Waals surface area contributed by atoms with Gasteiger partial charge in [-0.05, 0) is 89.9 Å². The molecule has 0 aliphatic rings. The van der Waals surface area contributed by atoms with Crippen LogP contribution in [0.25, 0.3) is 0 Å². The summed E-state index contributed by atoms with van der Waals surface area (Å²) in [7, 11) is -4.29. The van der Waals surface area contributed by atoms with E-state index in [0.717, 1.165) is 96.3 Å². The first-order chi connectivity index (χ1) is 27.4. The van der Waals surface area contributed by atoms with Gasteiger partial charge < -0.3 is 20.1 Å². The second-order valence-electron chi connectivity index (χ2n) is 14.2. The predicted octanol–water partition coefficient (Wildman–Crippen LogP) is 13.3. The van der Waals surface area contributed by atoms with Crippen LogP contribution in [0.3, 0.4) is 0 Å². The number of hydrogen-bond donors (Lipinski definition) is 2. The number of ether oxygens (including phenoxy) is 2. The molecule has 0 amide bonds. The monoisotopic (exact) mass is 804 g/mol. The van der Waals surface area contributed by atoms with Crippen molar-refractivity contribution in [1.29, 1.82) is 0 Å². The molecule has 0 aliphatic heterocycles. The summed E-state index contributed by atoms with van der Waals surface area (Å²) >= 11 is 0. The van der Waals surface area contributed by atoms with Crippen LogP contribution < -0.4 is 5.73 Å². The van der Waals surface area contributed by atoms with Gasteiger partial charge in [0, 0.05) is 19.6 Å². The van der Waals surface area contributed by atoms with E-state index in [0.29, 0.717) is 6.61 Å². The van der Waals surface area contributed by atoms with Crippen molar-refractivity contribution < 1.29 is 32.8 Å². The van der Waals surface area contributed by atoms with Crippen molar-refractivity contribution in [1.82, 2.24) is 0 Å². The molecule has 0 heterocycles. The summed E-state index contributed by atoms with van der Waals surface area (Å²) in [5, 5.41) is 0. The second kappa shape index (κ2) is 43.8. The molecule has 0 aromatic rings. The number of unbranched alkanes of at least 4 members (excludes halogenated alkanes) is 14. The van der Waals surface area contributed by atoms with Gasteiger partial charge in [-0.1, -0.05) is 157 Å². The van der Waals surface area contributed by atoms with Crippen LogP contribution in [0.5, 0.6) is 0 Å². The van der Waals surface area contributed by atoms with E-state index in [2.05, 4.69) is 98.9 Å². The van der Waals surface area contributed by atoms with Crippen molar-refractivity contribution in [2.45, 2.75) is 174 Å². The van der Waals surface area contributed by atoms with Gasteiger partial charge in [0.25, 0.3) is 0 Å². The fraction of sp³-hybridized carbons (Fsp3) is 0.681. The molecule has 2 atom stereocenters. The number of carbonyl (C=O) groups excluding carboxylic acids is 1. The largest absolute Gasteiger partial charge is 0.472 e. The Kier molecular flexibility index (Phi) is 42.0. The highest BCUT2D eigenvalue weighted by Crippen LogP contribution is 2.43. The molecule has 0 fully saturated rings. The summed E-state index contributed by atoms with van der Waals surface area (Å²) in [6.45, 7) is 4.70. The van der Waals surface area contributed by atoms with Crippen LogP contribution in [0.2, 0.25) is 0 Å². The Balaban J connectivity index is 4.11. The lowest BCUT2D eigenvalue weighted by molar-refractivity contribution is -0.154. The molecule has 0 aliphatic carbocycles. The van der Waals surface area contributed by atoms with Gasteiger partial charge in [0.05, 0.1) is 19.8 Å². The molecule has 322 valence electrons. The van der Waals surface area contributed by atoms with Gasteiger partial charge in [0.15, 0.2) is 0 Å². The van der Waals surface area contributed by atoms with Crippen LogP contribution in [-0.2, 0) is 27.9 Å². The molecule has 0 saturated carbocycles. The smallest absolute Gasteiger partial charge is 0.457 e. The first kappa shape index (κ1) is 53.7. The summed E-state index contributed by atoms with van der Waals surface area (Å²) in [4.78, 5) is 22.5. The van der Waals surface area contributed by atoms with Crippen LogP contribution in [0.1, 0.15) is 168 Å². The molecule has 0 radical (unpaired) electrons. The minimum Gasteiger partial charge on any atom is -0.457 e. The average molecular weight is 804 g/mol. The number of allylic oxidation sites excluding steroid dienone is 14. The van der Waals surface area contributed by atoms with Gasteiger partial charge in [0.2, 0.25) is 0 Å².